The van der Waals surface area contributed by atoms with Crippen molar-refractivity contribution in [1.29, 1.82) is 0 Å². The van der Waals surface area contributed by atoms with Gasteiger partial charge in [0.05, 0.1) is 0 Å². The van der Waals surface area contributed by atoms with Crippen LogP contribution in [0.2, 0.25) is 0 Å². The third-order valence-corrected chi connectivity index (χ3v) is 3.05. The van der Waals surface area contributed by atoms with Crippen LogP contribution in [0.25, 0.3) is 11.1 Å². The highest BCUT2D eigenvalue weighted by Crippen LogP contribution is 2.34. The average Bonchev–Trinajstić information content (AvgIpc) is 2.29. The Balaban J connectivity index is 2.70. The minimum Gasteiger partial charge on any atom is -0.768 e. The Morgan fingerprint density at radius 1 is 1.00 bits per heavy atom. The lowest BCUT2D eigenvalue weighted by Gasteiger charge is -2.13. The van der Waals surface area contributed by atoms with Gasteiger partial charge in [0.1, 0.15) is 11.5 Å². The van der Waals surface area contributed by atoms with Gasteiger partial charge in [0.25, 0.3) is 0 Å². The van der Waals surface area contributed by atoms with E-state index in [4.69, 9.17) is 0 Å². The normalized spacial score (nSPS) is 12.3. The Labute approximate surface area is 100 Å². The summed E-state index contributed by atoms with van der Waals surface area (Å²) in [5, 5.41) is 19.1. The predicted molar refractivity (Wildman–Crippen MR) is 62.4 cm³/mol. The molecule has 1 unspecified atom stereocenters. The molecule has 0 bridgehead atoms. The number of hydrogen-bond donors (Lipinski definition) is 2. The molecule has 0 heterocycles. The summed E-state index contributed by atoms with van der Waals surface area (Å²) in [6, 6.07) is 10.2. The maximum absolute atomic E-state index is 11.1. The fourth-order valence-corrected chi connectivity index (χ4v) is 2.10. The molecule has 88 valence electrons. The van der Waals surface area contributed by atoms with Crippen molar-refractivity contribution < 1.29 is 19.0 Å². The number of rotatable bonds is 2. The second kappa shape index (κ2) is 4.57. The van der Waals surface area contributed by atoms with Gasteiger partial charge in [-0.2, -0.15) is 0 Å². The highest BCUT2D eigenvalue weighted by Gasteiger charge is 2.10. The lowest BCUT2D eigenvalue weighted by atomic mass is 10.0. The quantitative estimate of drug-likeness (QED) is 0.798. The molecule has 4 nitrogen and oxygen atoms in total. The summed E-state index contributed by atoms with van der Waals surface area (Å²) >= 11 is -2.43. The molecule has 2 aromatic rings. The first kappa shape index (κ1) is 11.6. The van der Waals surface area contributed by atoms with E-state index in [1.807, 2.05) is 0 Å². The molecule has 2 aromatic carbocycles. The van der Waals surface area contributed by atoms with Crippen LogP contribution in [0.3, 0.4) is 0 Å². The Bertz CT molecular complexity index is 580. The Morgan fingerprint density at radius 3 is 2.35 bits per heavy atom. The van der Waals surface area contributed by atoms with Crippen LogP contribution in [-0.2, 0) is 11.1 Å². The van der Waals surface area contributed by atoms with Crippen LogP contribution in [0.15, 0.2) is 47.4 Å². The number of phenols is 2. The summed E-state index contributed by atoms with van der Waals surface area (Å²) < 4.78 is 22.1. The number of aromatic hydroxyl groups is 2. The molecule has 2 rings (SSSR count). The highest BCUT2D eigenvalue weighted by atomic mass is 32.2. The van der Waals surface area contributed by atoms with Crippen LogP contribution >= 0.6 is 0 Å². The molecular weight excluding hydrogens is 240 g/mol. The van der Waals surface area contributed by atoms with Gasteiger partial charge in [0, 0.05) is 16.0 Å². The van der Waals surface area contributed by atoms with Gasteiger partial charge in [-0.25, -0.2) is 0 Å². The first-order chi connectivity index (χ1) is 8.09. The van der Waals surface area contributed by atoms with Gasteiger partial charge >= 0.3 is 0 Å². The van der Waals surface area contributed by atoms with E-state index in [0.29, 0.717) is 5.56 Å². The second-order valence-corrected chi connectivity index (χ2v) is 4.34. The maximum Gasteiger partial charge on any atom is 0.123 e. The van der Waals surface area contributed by atoms with Crippen molar-refractivity contribution in [3.8, 4) is 22.6 Å². The van der Waals surface area contributed by atoms with Crippen molar-refractivity contribution in [3.05, 3.63) is 42.5 Å². The zero-order chi connectivity index (χ0) is 12.4. The molecule has 0 aliphatic heterocycles. The Hall–Kier alpha value is -1.85. The van der Waals surface area contributed by atoms with Crippen molar-refractivity contribution >= 4 is 11.1 Å². The van der Waals surface area contributed by atoms with Gasteiger partial charge in [-0.05, 0) is 35.3 Å². The maximum atomic E-state index is 11.1. The van der Waals surface area contributed by atoms with Gasteiger partial charge in [-0.15, -0.1) is 0 Å². The monoisotopic (exact) mass is 249 g/mol. The van der Waals surface area contributed by atoms with Crippen LogP contribution in [0, 0.1) is 0 Å². The highest BCUT2D eigenvalue weighted by molar-refractivity contribution is 7.79. The van der Waals surface area contributed by atoms with E-state index in [2.05, 4.69) is 0 Å². The summed E-state index contributed by atoms with van der Waals surface area (Å²) in [5.41, 5.74) is 0.638. The van der Waals surface area contributed by atoms with Crippen LogP contribution in [0.4, 0.5) is 0 Å². The molecule has 0 radical (unpaired) electrons. The third kappa shape index (κ3) is 2.30. The fraction of sp³-hybridized carbons (Fsp3) is 0. The van der Waals surface area contributed by atoms with Gasteiger partial charge in [-0.1, -0.05) is 18.2 Å². The van der Waals surface area contributed by atoms with E-state index in [-0.39, 0.29) is 22.0 Å². The van der Waals surface area contributed by atoms with E-state index in [0.717, 1.165) is 0 Å². The summed E-state index contributed by atoms with van der Waals surface area (Å²) in [6.45, 7) is 0. The van der Waals surface area contributed by atoms with Crippen molar-refractivity contribution in [1.82, 2.24) is 0 Å². The molecule has 17 heavy (non-hydrogen) atoms. The molecule has 0 fully saturated rings. The van der Waals surface area contributed by atoms with Crippen molar-refractivity contribution in [3.63, 3.8) is 0 Å². The smallest absolute Gasteiger partial charge is 0.123 e. The Kier molecular flexibility index (Phi) is 3.12. The van der Waals surface area contributed by atoms with Crippen molar-refractivity contribution in [2.45, 2.75) is 4.90 Å². The lowest BCUT2D eigenvalue weighted by Crippen LogP contribution is -1.93. The average molecular weight is 249 g/mol. The van der Waals surface area contributed by atoms with Gasteiger partial charge in [-0.3, -0.25) is 4.21 Å². The number of phenolic OH excluding ortho intramolecular Hbond substituents is 2. The summed E-state index contributed by atoms with van der Waals surface area (Å²) in [7, 11) is 0. The fourth-order valence-electron chi connectivity index (χ4n) is 1.58. The first-order valence-corrected chi connectivity index (χ1v) is 5.87. The summed E-state index contributed by atoms with van der Waals surface area (Å²) in [6.07, 6.45) is 0. The molecular formula is C12H9O4S-. The zero-order valence-electron chi connectivity index (χ0n) is 8.66. The third-order valence-electron chi connectivity index (χ3n) is 2.34. The molecule has 1 atom stereocenters. The molecule has 0 spiro atoms. The van der Waals surface area contributed by atoms with E-state index >= 15 is 0 Å². The van der Waals surface area contributed by atoms with Gasteiger partial charge in [0.15, 0.2) is 0 Å². The molecule has 5 heteroatoms. The number of hydrogen-bond acceptors (Lipinski definition) is 4. The molecule has 0 saturated carbocycles. The lowest BCUT2D eigenvalue weighted by molar-refractivity contribution is 0.473. The first-order valence-electron chi connectivity index (χ1n) is 4.80. The van der Waals surface area contributed by atoms with Crippen LogP contribution in [-0.4, -0.2) is 19.0 Å². The van der Waals surface area contributed by atoms with Gasteiger partial charge in [0.2, 0.25) is 0 Å². The van der Waals surface area contributed by atoms with Gasteiger partial charge < -0.3 is 14.8 Å². The standard InChI is InChI=1S/C12H10O4S/c13-8-5-6-12(17(15)16)10(7-8)9-3-1-2-4-11(9)14/h1-7,13-14H,(H,15,16)/p-1. The molecule has 0 saturated heterocycles. The van der Waals surface area contributed by atoms with Crippen LogP contribution < -0.4 is 0 Å². The number of benzene rings is 2. The summed E-state index contributed by atoms with van der Waals surface area (Å²) in [5.74, 6) is -0.0951. The largest absolute Gasteiger partial charge is 0.768 e. The van der Waals surface area contributed by atoms with Crippen LogP contribution in [0.5, 0.6) is 11.5 Å². The molecule has 0 aliphatic rings. The zero-order valence-corrected chi connectivity index (χ0v) is 9.48. The summed E-state index contributed by atoms with van der Waals surface area (Å²) in [4.78, 5) is 0.0318. The topological polar surface area (TPSA) is 80.6 Å². The van der Waals surface area contributed by atoms with E-state index in [1.165, 1.54) is 24.3 Å². The number of para-hydroxylation sites is 1. The van der Waals surface area contributed by atoms with Crippen molar-refractivity contribution in [2.24, 2.45) is 0 Å². The molecule has 0 amide bonds. The van der Waals surface area contributed by atoms with E-state index in [9.17, 15) is 19.0 Å². The molecule has 0 aliphatic carbocycles. The van der Waals surface area contributed by atoms with E-state index < -0.39 is 11.1 Å². The van der Waals surface area contributed by atoms with Crippen molar-refractivity contribution in [2.75, 3.05) is 0 Å². The second-order valence-electron chi connectivity index (χ2n) is 3.43. The predicted octanol–water partition coefficient (Wildman–Crippen LogP) is 2.00. The minimum absolute atomic E-state index is 0.0318. The van der Waals surface area contributed by atoms with E-state index in [1.54, 1.807) is 18.2 Å². The SMILES string of the molecule is O=S([O-])c1ccc(O)cc1-c1ccccc1O. The minimum atomic E-state index is -2.43. The van der Waals surface area contributed by atoms with Crippen LogP contribution in [0.1, 0.15) is 0 Å². The molecule has 0 aromatic heterocycles. The molecule has 2 N–H and O–H groups in total. The Morgan fingerprint density at radius 2 is 1.71 bits per heavy atom.